The van der Waals surface area contributed by atoms with E-state index in [0.717, 1.165) is 19.6 Å². The van der Waals surface area contributed by atoms with Gasteiger partial charge in [0.2, 0.25) is 0 Å². The van der Waals surface area contributed by atoms with Crippen molar-refractivity contribution in [3.63, 3.8) is 0 Å². The molecule has 0 aromatic rings. The number of hydrogen-bond acceptors (Lipinski definition) is 2. The van der Waals surface area contributed by atoms with Crippen molar-refractivity contribution < 1.29 is 9.84 Å². The Morgan fingerprint density at radius 3 is 1.08 bits per heavy atom. The van der Waals surface area contributed by atoms with Crippen LogP contribution in [-0.2, 0) is 4.74 Å². The Labute approximate surface area is 165 Å². The highest BCUT2D eigenvalue weighted by molar-refractivity contribution is 4.49. The molecule has 158 valence electrons. The van der Waals surface area contributed by atoms with Crippen molar-refractivity contribution in [1.29, 1.82) is 0 Å². The molecule has 1 N–H and O–H groups in total. The Kier molecular flexibility index (Phi) is 24.8. The van der Waals surface area contributed by atoms with E-state index in [0.29, 0.717) is 6.61 Å². The van der Waals surface area contributed by atoms with Gasteiger partial charge in [-0.25, -0.2) is 0 Å². The monoisotopic (exact) mass is 370 g/mol. The molecule has 0 aliphatic carbocycles. The summed E-state index contributed by atoms with van der Waals surface area (Å²) >= 11 is 0. The average Bonchev–Trinajstić information content (AvgIpc) is 2.66. The lowest BCUT2D eigenvalue weighted by Gasteiger charge is -2.05. The van der Waals surface area contributed by atoms with Crippen LogP contribution in [0.1, 0.15) is 135 Å². The van der Waals surface area contributed by atoms with Crippen molar-refractivity contribution in [2.75, 3.05) is 19.8 Å². The van der Waals surface area contributed by atoms with E-state index in [4.69, 9.17) is 9.84 Å². The third-order valence-electron chi connectivity index (χ3n) is 5.34. The summed E-state index contributed by atoms with van der Waals surface area (Å²) in [5.74, 6) is 0. The van der Waals surface area contributed by atoms with Gasteiger partial charge in [0.15, 0.2) is 0 Å². The van der Waals surface area contributed by atoms with Crippen molar-refractivity contribution in [2.45, 2.75) is 135 Å². The van der Waals surface area contributed by atoms with Gasteiger partial charge in [0.1, 0.15) is 0 Å². The minimum atomic E-state index is 0.362. The fraction of sp³-hybridized carbons (Fsp3) is 1.00. The van der Waals surface area contributed by atoms with Crippen molar-refractivity contribution in [2.24, 2.45) is 0 Å². The zero-order valence-electron chi connectivity index (χ0n) is 18.1. The molecule has 0 saturated heterocycles. The fourth-order valence-electron chi connectivity index (χ4n) is 3.52. The van der Waals surface area contributed by atoms with E-state index >= 15 is 0 Å². The molecule has 0 atom stereocenters. The van der Waals surface area contributed by atoms with Gasteiger partial charge >= 0.3 is 0 Å². The van der Waals surface area contributed by atoms with Gasteiger partial charge in [-0.15, -0.1) is 0 Å². The highest BCUT2D eigenvalue weighted by atomic mass is 16.5. The zero-order valence-corrected chi connectivity index (χ0v) is 18.1. The molecule has 0 aliphatic heterocycles. The third-order valence-corrected chi connectivity index (χ3v) is 5.34. The highest BCUT2D eigenvalue weighted by Crippen LogP contribution is 2.12. The van der Waals surface area contributed by atoms with E-state index in [9.17, 15) is 0 Å². The maximum atomic E-state index is 8.72. The predicted molar refractivity (Wildman–Crippen MR) is 116 cm³/mol. The van der Waals surface area contributed by atoms with Crippen LogP contribution < -0.4 is 0 Å². The summed E-state index contributed by atoms with van der Waals surface area (Å²) in [5, 5.41) is 8.72. The minimum absolute atomic E-state index is 0.362. The molecule has 0 radical (unpaired) electrons. The number of aliphatic hydroxyl groups is 1. The number of rotatable bonds is 23. The predicted octanol–water partition coefficient (Wildman–Crippen LogP) is 7.82. The van der Waals surface area contributed by atoms with Crippen molar-refractivity contribution >= 4 is 0 Å². The Hall–Kier alpha value is -0.0800. The number of unbranched alkanes of at least 4 members (excludes halogenated alkanes) is 18. The standard InChI is InChI=1S/C24H50O2/c1-2-3-4-5-6-7-11-14-17-20-23-26-24-21-18-15-12-9-8-10-13-16-19-22-25/h25H,2-24H2,1H3. The molecular weight excluding hydrogens is 320 g/mol. The number of hydrogen-bond donors (Lipinski definition) is 1. The van der Waals surface area contributed by atoms with Gasteiger partial charge in [0.05, 0.1) is 0 Å². The molecule has 26 heavy (non-hydrogen) atoms. The van der Waals surface area contributed by atoms with Crippen LogP contribution in [-0.4, -0.2) is 24.9 Å². The second-order valence-electron chi connectivity index (χ2n) is 8.05. The van der Waals surface area contributed by atoms with Crippen LogP contribution >= 0.6 is 0 Å². The van der Waals surface area contributed by atoms with Crippen molar-refractivity contribution in [3.8, 4) is 0 Å². The van der Waals surface area contributed by atoms with Crippen LogP contribution in [0.15, 0.2) is 0 Å². The third kappa shape index (κ3) is 23.9. The molecule has 0 rings (SSSR count). The molecule has 2 nitrogen and oxygen atoms in total. The van der Waals surface area contributed by atoms with Crippen LogP contribution in [0.3, 0.4) is 0 Å². The maximum Gasteiger partial charge on any atom is 0.0466 e. The molecule has 0 fully saturated rings. The first-order valence-electron chi connectivity index (χ1n) is 12.1. The summed E-state index contributed by atoms with van der Waals surface area (Å²) in [6, 6.07) is 0. The van der Waals surface area contributed by atoms with Gasteiger partial charge in [-0.05, 0) is 19.3 Å². The lowest BCUT2D eigenvalue weighted by molar-refractivity contribution is 0.125. The molecule has 0 heterocycles. The SMILES string of the molecule is CCCCCCCCCCCCOCCCCCCCCCCCCO. The largest absolute Gasteiger partial charge is 0.396 e. The summed E-state index contributed by atoms with van der Waals surface area (Å²) in [5.41, 5.74) is 0. The Morgan fingerprint density at radius 2 is 0.731 bits per heavy atom. The van der Waals surface area contributed by atoms with Gasteiger partial charge < -0.3 is 9.84 Å². The van der Waals surface area contributed by atoms with Crippen LogP contribution in [0.25, 0.3) is 0 Å². The van der Waals surface area contributed by atoms with E-state index in [1.165, 1.54) is 122 Å². The molecule has 0 spiro atoms. The van der Waals surface area contributed by atoms with Crippen LogP contribution in [0.5, 0.6) is 0 Å². The summed E-state index contributed by atoms with van der Waals surface area (Å²) in [4.78, 5) is 0. The Bertz CT molecular complexity index is 206. The smallest absolute Gasteiger partial charge is 0.0466 e. The maximum absolute atomic E-state index is 8.72. The summed E-state index contributed by atoms with van der Waals surface area (Å²) < 4.78 is 5.77. The first-order valence-corrected chi connectivity index (χ1v) is 12.1. The molecular formula is C24H50O2. The number of aliphatic hydroxyl groups excluding tert-OH is 1. The number of ether oxygens (including phenoxy) is 1. The summed E-state index contributed by atoms with van der Waals surface area (Å²) in [7, 11) is 0. The quantitative estimate of drug-likeness (QED) is 0.186. The lowest BCUT2D eigenvalue weighted by Crippen LogP contribution is -1.97. The second kappa shape index (κ2) is 24.9. The average molecular weight is 371 g/mol. The van der Waals surface area contributed by atoms with Gasteiger partial charge in [-0.2, -0.15) is 0 Å². The molecule has 0 aliphatic rings. The molecule has 0 amide bonds. The molecule has 0 saturated carbocycles. The first-order chi connectivity index (χ1) is 12.9. The summed E-state index contributed by atoms with van der Waals surface area (Å²) in [6.07, 6.45) is 26.9. The van der Waals surface area contributed by atoms with Crippen LogP contribution in [0.2, 0.25) is 0 Å². The van der Waals surface area contributed by atoms with Crippen LogP contribution in [0, 0.1) is 0 Å². The van der Waals surface area contributed by atoms with Crippen molar-refractivity contribution in [1.82, 2.24) is 0 Å². The minimum Gasteiger partial charge on any atom is -0.396 e. The topological polar surface area (TPSA) is 29.5 Å². The van der Waals surface area contributed by atoms with Crippen LogP contribution in [0.4, 0.5) is 0 Å². The Balaban J connectivity index is 2.95. The highest BCUT2D eigenvalue weighted by Gasteiger charge is 1.95. The van der Waals surface area contributed by atoms with Gasteiger partial charge in [-0.1, -0.05) is 116 Å². The summed E-state index contributed by atoms with van der Waals surface area (Å²) in [6.45, 7) is 4.59. The van der Waals surface area contributed by atoms with E-state index in [1.807, 2.05) is 0 Å². The zero-order chi connectivity index (χ0) is 19.0. The fourth-order valence-corrected chi connectivity index (χ4v) is 3.52. The lowest BCUT2D eigenvalue weighted by atomic mass is 10.1. The van der Waals surface area contributed by atoms with Gasteiger partial charge in [0, 0.05) is 19.8 Å². The van der Waals surface area contributed by atoms with Gasteiger partial charge in [0.25, 0.3) is 0 Å². The molecule has 0 bridgehead atoms. The molecule has 2 heteroatoms. The van der Waals surface area contributed by atoms with E-state index in [2.05, 4.69) is 6.92 Å². The molecule has 0 aromatic carbocycles. The van der Waals surface area contributed by atoms with Gasteiger partial charge in [-0.3, -0.25) is 0 Å². The first kappa shape index (κ1) is 25.9. The van der Waals surface area contributed by atoms with Crippen molar-refractivity contribution in [3.05, 3.63) is 0 Å². The van der Waals surface area contributed by atoms with E-state index in [1.54, 1.807) is 0 Å². The molecule has 0 aromatic heterocycles. The normalized spacial score (nSPS) is 11.3. The van der Waals surface area contributed by atoms with E-state index in [-0.39, 0.29) is 0 Å². The van der Waals surface area contributed by atoms with E-state index < -0.39 is 0 Å². The molecule has 0 unspecified atom stereocenters. The second-order valence-corrected chi connectivity index (χ2v) is 8.05. The Morgan fingerprint density at radius 1 is 0.423 bits per heavy atom.